The number of hydrogen-bond acceptors (Lipinski definition) is 8. The summed E-state index contributed by atoms with van der Waals surface area (Å²) in [7, 11) is -3.59. The van der Waals surface area contributed by atoms with E-state index >= 15 is 0 Å². The molecule has 0 aliphatic carbocycles. The molecular weight excluding hydrogens is 459 g/mol. The van der Waals surface area contributed by atoms with Crippen molar-refractivity contribution in [1.82, 2.24) is 0 Å². The number of carbonyl (C=O) groups is 2. The summed E-state index contributed by atoms with van der Waals surface area (Å²) in [4.78, 5) is 22.0. The Morgan fingerprint density at radius 2 is 0.912 bits per heavy atom. The average Bonchev–Trinajstić information content (AvgIpc) is 2.84. The monoisotopic (exact) mass is 504 g/mol. The Hall–Kier alpha value is -1.47. The first-order valence-electron chi connectivity index (χ1n) is 12.6. The number of hydrogen-bond donors (Lipinski definition) is 0. The standard InChI is InChI=1S/C25H45O8P/c1-4-7-8-9-16-21-31-34(28,32-22-17-12-10-14-19-29-24(26)5-2)33-23-18-13-11-15-20-30-25(27)6-3/h5-6H,2-4,7-23H2,1H3. The predicted molar refractivity (Wildman–Crippen MR) is 133 cm³/mol. The van der Waals surface area contributed by atoms with Crippen molar-refractivity contribution >= 4 is 19.8 Å². The van der Waals surface area contributed by atoms with Gasteiger partial charge in [-0.15, -0.1) is 0 Å². The van der Waals surface area contributed by atoms with Crippen molar-refractivity contribution in [2.45, 2.75) is 90.4 Å². The Morgan fingerprint density at radius 1 is 0.588 bits per heavy atom. The fraction of sp³-hybridized carbons (Fsp3) is 0.760. The molecule has 0 unspecified atom stereocenters. The van der Waals surface area contributed by atoms with E-state index < -0.39 is 19.8 Å². The van der Waals surface area contributed by atoms with Crippen LogP contribution in [0.5, 0.6) is 0 Å². The Balaban J connectivity index is 4.13. The molecule has 0 bridgehead atoms. The summed E-state index contributed by atoms with van der Waals surface area (Å²) in [6, 6.07) is 0. The average molecular weight is 505 g/mol. The van der Waals surface area contributed by atoms with E-state index in [2.05, 4.69) is 20.1 Å². The van der Waals surface area contributed by atoms with Gasteiger partial charge in [-0.25, -0.2) is 14.2 Å². The van der Waals surface area contributed by atoms with Gasteiger partial charge in [0.1, 0.15) is 0 Å². The van der Waals surface area contributed by atoms with Crippen molar-refractivity contribution in [2.24, 2.45) is 0 Å². The SMILES string of the molecule is C=CC(=O)OCCCCCCOP(=O)(OCCCCCCC)OCCCCCCOC(=O)C=C. The van der Waals surface area contributed by atoms with E-state index in [1.54, 1.807) is 0 Å². The molecule has 0 heterocycles. The molecule has 9 heteroatoms. The van der Waals surface area contributed by atoms with Crippen LogP contribution in [0.4, 0.5) is 0 Å². The fourth-order valence-electron chi connectivity index (χ4n) is 2.93. The summed E-state index contributed by atoms with van der Waals surface area (Å²) in [6.45, 7) is 10.5. The summed E-state index contributed by atoms with van der Waals surface area (Å²) >= 11 is 0. The summed E-state index contributed by atoms with van der Waals surface area (Å²) < 4.78 is 39.5. The maximum absolute atomic E-state index is 13.0. The molecule has 34 heavy (non-hydrogen) atoms. The van der Waals surface area contributed by atoms with E-state index in [0.717, 1.165) is 69.9 Å². The molecule has 8 nitrogen and oxygen atoms in total. The van der Waals surface area contributed by atoms with Gasteiger partial charge in [-0.1, -0.05) is 58.6 Å². The van der Waals surface area contributed by atoms with Gasteiger partial charge in [0.25, 0.3) is 0 Å². The minimum atomic E-state index is -3.59. The molecule has 0 aliphatic rings. The maximum Gasteiger partial charge on any atom is 0.474 e. The van der Waals surface area contributed by atoms with Crippen LogP contribution in [-0.2, 0) is 37.2 Å². The topological polar surface area (TPSA) is 97.4 Å². The van der Waals surface area contributed by atoms with E-state index in [-0.39, 0.29) is 13.2 Å². The molecule has 198 valence electrons. The second-order valence-electron chi connectivity index (χ2n) is 7.93. The number of carbonyl (C=O) groups excluding carboxylic acids is 2. The molecule has 0 spiro atoms. The minimum Gasteiger partial charge on any atom is -0.463 e. The van der Waals surface area contributed by atoms with Gasteiger partial charge in [-0.05, 0) is 44.9 Å². The highest BCUT2D eigenvalue weighted by molar-refractivity contribution is 7.48. The quantitative estimate of drug-likeness (QED) is 0.0587. The first-order chi connectivity index (χ1) is 16.5. The first-order valence-corrected chi connectivity index (χ1v) is 14.1. The number of unbranched alkanes of at least 4 members (excludes halogenated alkanes) is 10. The first kappa shape index (κ1) is 32.5. The van der Waals surface area contributed by atoms with Crippen LogP contribution in [0.2, 0.25) is 0 Å². The van der Waals surface area contributed by atoms with Crippen molar-refractivity contribution in [2.75, 3.05) is 33.0 Å². The van der Waals surface area contributed by atoms with Crippen molar-refractivity contribution in [1.29, 1.82) is 0 Å². The van der Waals surface area contributed by atoms with Crippen LogP contribution in [0.25, 0.3) is 0 Å². The zero-order valence-electron chi connectivity index (χ0n) is 21.0. The van der Waals surface area contributed by atoms with E-state index in [1.165, 1.54) is 12.8 Å². The molecule has 0 atom stereocenters. The molecule has 0 saturated carbocycles. The summed E-state index contributed by atoms with van der Waals surface area (Å²) in [5, 5.41) is 0. The third kappa shape index (κ3) is 21.1. The van der Waals surface area contributed by atoms with Gasteiger partial charge in [0, 0.05) is 12.2 Å². The van der Waals surface area contributed by atoms with Gasteiger partial charge < -0.3 is 9.47 Å². The van der Waals surface area contributed by atoms with Gasteiger partial charge in [-0.2, -0.15) is 0 Å². The number of phosphoric ester groups is 1. The Labute approximate surface area is 206 Å². The fourth-order valence-corrected chi connectivity index (χ4v) is 4.21. The molecule has 0 amide bonds. The second-order valence-corrected chi connectivity index (χ2v) is 9.60. The van der Waals surface area contributed by atoms with Crippen molar-refractivity contribution in [3.63, 3.8) is 0 Å². The summed E-state index contributed by atoms with van der Waals surface area (Å²) in [5.41, 5.74) is 0. The summed E-state index contributed by atoms with van der Waals surface area (Å²) in [5.74, 6) is -0.825. The van der Waals surface area contributed by atoms with Gasteiger partial charge >= 0.3 is 19.8 Å². The highest BCUT2D eigenvalue weighted by Gasteiger charge is 2.26. The van der Waals surface area contributed by atoms with E-state index in [0.29, 0.717) is 32.7 Å². The molecule has 0 N–H and O–H groups in total. The maximum atomic E-state index is 13.0. The third-order valence-electron chi connectivity index (χ3n) is 4.90. The van der Waals surface area contributed by atoms with Crippen molar-refractivity contribution in [3.8, 4) is 0 Å². The smallest absolute Gasteiger partial charge is 0.463 e. The molecule has 0 aromatic heterocycles. The zero-order valence-corrected chi connectivity index (χ0v) is 21.9. The second kappa shape index (κ2) is 23.3. The van der Waals surface area contributed by atoms with Gasteiger partial charge in [0.05, 0.1) is 33.0 Å². The lowest BCUT2D eigenvalue weighted by Gasteiger charge is -2.18. The lowest BCUT2D eigenvalue weighted by atomic mass is 10.2. The van der Waals surface area contributed by atoms with E-state index in [1.807, 2.05) is 0 Å². The predicted octanol–water partition coefficient (Wildman–Crippen LogP) is 6.69. The van der Waals surface area contributed by atoms with Crippen LogP contribution in [0.3, 0.4) is 0 Å². The number of esters is 2. The van der Waals surface area contributed by atoms with Crippen LogP contribution in [-0.4, -0.2) is 45.0 Å². The van der Waals surface area contributed by atoms with Crippen LogP contribution >= 0.6 is 7.82 Å². The Morgan fingerprint density at radius 3 is 1.24 bits per heavy atom. The van der Waals surface area contributed by atoms with Gasteiger partial charge in [0.15, 0.2) is 0 Å². The number of phosphoric acid groups is 1. The van der Waals surface area contributed by atoms with E-state index in [9.17, 15) is 14.2 Å². The van der Waals surface area contributed by atoms with Crippen molar-refractivity contribution < 1.29 is 37.2 Å². The molecule has 0 aromatic rings. The zero-order chi connectivity index (χ0) is 25.3. The number of ether oxygens (including phenoxy) is 2. The highest BCUT2D eigenvalue weighted by atomic mass is 31.2. The third-order valence-corrected chi connectivity index (χ3v) is 6.39. The minimum absolute atomic E-state index is 0.286. The molecule has 0 aliphatic heterocycles. The molecular formula is C25H45O8P. The normalized spacial score (nSPS) is 11.2. The molecule has 0 rings (SSSR count). The Bertz CT molecular complexity index is 553. The summed E-state index contributed by atoms with van der Waals surface area (Å²) in [6.07, 6.45) is 14.0. The van der Waals surface area contributed by atoms with Crippen LogP contribution in [0.15, 0.2) is 25.3 Å². The highest BCUT2D eigenvalue weighted by Crippen LogP contribution is 2.50. The molecule has 0 fully saturated rings. The lowest BCUT2D eigenvalue weighted by Crippen LogP contribution is -2.05. The largest absolute Gasteiger partial charge is 0.474 e. The van der Waals surface area contributed by atoms with Crippen LogP contribution in [0.1, 0.15) is 90.4 Å². The van der Waals surface area contributed by atoms with Gasteiger partial charge in [0.2, 0.25) is 0 Å². The van der Waals surface area contributed by atoms with Crippen LogP contribution < -0.4 is 0 Å². The van der Waals surface area contributed by atoms with E-state index in [4.69, 9.17) is 23.0 Å². The Kier molecular flexibility index (Phi) is 22.3. The molecule has 0 radical (unpaired) electrons. The van der Waals surface area contributed by atoms with Crippen molar-refractivity contribution in [3.05, 3.63) is 25.3 Å². The van der Waals surface area contributed by atoms with Crippen LogP contribution in [0, 0.1) is 0 Å². The van der Waals surface area contributed by atoms with Gasteiger partial charge in [-0.3, -0.25) is 13.6 Å². The lowest BCUT2D eigenvalue weighted by molar-refractivity contribution is -0.138. The molecule has 0 aromatic carbocycles. The number of rotatable bonds is 25. The molecule has 0 saturated heterocycles.